The molecule has 0 saturated heterocycles. The highest BCUT2D eigenvalue weighted by atomic mass is 16.3. The third-order valence-corrected chi connectivity index (χ3v) is 12.6. The fourth-order valence-corrected chi connectivity index (χ4v) is 9.76. The van der Waals surface area contributed by atoms with E-state index in [1.165, 1.54) is 33.4 Å². The smallest absolute Gasteiger partial charge is 0.160 e. The van der Waals surface area contributed by atoms with Crippen LogP contribution in [0.2, 0.25) is 0 Å². The van der Waals surface area contributed by atoms with E-state index in [9.17, 15) is 0 Å². The molecule has 12 rings (SSSR count). The second kappa shape index (κ2) is 14.5. The molecule has 290 valence electrons. The van der Waals surface area contributed by atoms with Crippen LogP contribution in [-0.4, -0.2) is 9.97 Å². The van der Waals surface area contributed by atoms with E-state index in [-0.39, 0.29) is 0 Å². The number of nitrogens with zero attached hydrogens (tertiary/aromatic N) is 2. The molecule has 1 aliphatic carbocycles. The molecule has 11 aromatic rings. The monoisotopic (exact) mass is 790 g/mol. The highest BCUT2D eigenvalue weighted by molar-refractivity contribution is 6.09. The van der Waals surface area contributed by atoms with Gasteiger partial charge in [0.25, 0.3) is 0 Å². The molecule has 2 heterocycles. The van der Waals surface area contributed by atoms with Crippen molar-refractivity contribution in [3.63, 3.8) is 0 Å². The summed E-state index contributed by atoms with van der Waals surface area (Å²) < 4.78 is 6.56. The van der Waals surface area contributed by atoms with Crippen molar-refractivity contribution in [2.24, 2.45) is 0 Å². The quantitative estimate of drug-likeness (QED) is 0.161. The van der Waals surface area contributed by atoms with Crippen molar-refractivity contribution in [3.05, 3.63) is 253 Å². The summed E-state index contributed by atoms with van der Waals surface area (Å²) in [5.41, 5.74) is 17.7. The van der Waals surface area contributed by atoms with E-state index in [0.717, 1.165) is 72.3 Å². The van der Waals surface area contributed by atoms with Gasteiger partial charge in [-0.15, -0.1) is 0 Å². The van der Waals surface area contributed by atoms with Gasteiger partial charge in [0.1, 0.15) is 11.2 Å². The number of aromatic nitrogens is 2. The van der Waals surface area contributed by atoms with Crippen LogP contribution in [0.1, 0.15) is 22.3 Å². The van der Waals surface area contributed by atoms with Gasteiger partial charge >= 0.3 is 0 Å². The standard InChI is InChI=1S/C59H38N2O/c1-5-18-39(19-6-1)42-34-43(41-32-33-48-47-26-13-15-30-52(47)59(53(48)37-41,45-22-9-3-10-23-45)46-24-11-4-12-25-46)36-44(35-42)54-38-55(61-58(60-54)40-20-7-2-8-21-40)51-29-17-28-50-49-27-14-16-31-56(49)62-57(50)51/h1-38H. The van der Waals surface area contributed by atoms with E-state index in [4.69, 9.17) is 14.4 Å². The molecule has 0 amide bonds. The average molecular weight is 791 g/mol. The number of rotatable bonds is 7. The van der Waals surface area contributed by atoms with E-state index in [1.807, 2.05) is 30.3 Å². The van der Waals surface area contributed by atoms with Crippen molar-refractivity contribution in [2.45, 2.75) is 5.41 Å². The zero-order chi connectivity index (χ0) is 41.0. The van der Waals surface area contributed by atoms with Crippen LogP contribution >= 0.6 is 0 Å². The number of benzene rings is 9. The van der Waals surface area contributed by atoms with Crippen molar-refractivity contribution < 1.29 is 4.42 Å². The Bertz CT molecular complexity index is 3410. The van der Waals surface area contributed by atoms with Gasteiger partial charge in [0.2, 0.25) is 0 Å². The fraction of sp³-hybridized carbons (Fsp3) is 0.0169. The van der Waals surface area contributed by atoms with Crippen molar-refractivity contribution in [3.8, 4) is 67.3 Å². The summed E-state index contributed by atoms with van der Waals surface area (Å²) in [5, 5.41) is 2.15. The van der Waals surface area contributed by atoms with Gasteiger partial charge in [-0.05, 0) is 98.1 Å². The maximum atomic E-state index is 6.56. The molecule has 9 aromatic carbocycles. The van der Waals surface area contributed by atoms with E-state index in [2.05, 4.69) is 200 Å². The number of furan rings is 1. The molecule has 3 heteroatoms. The third-order valence-electron chi connectivity index (χ3n) is 12.6. The van der Waals surface area contributed by atoms with Gasteiger partial charge in [0, 0.05) is 27.5 Å². The van der Waals surface area contributed by atoms with Gasteiger partial charge in [-0.1, -0.05) is 188 Å². The third kappa shape index (κ3) is 5.74. The highest BCUT2D eigenvalue weighted by Crippen LogP contribution is 2.57. The van der Waals surface area contributed by atoms with Gasteiger partial charge in [0.05, 0.1) is 16.8 Å². The molecule has 62 heavy (non-hydrogen) atoms. The van der Waals surface area contributed by atoms with Crippen molar-refractivity contribution in [1.82, 2.24) is 9.97 Å². The molecular formula is C59H38N2O. The molecule has 1 aliphatic rings. The first-order valence-corrected chi connectivity index (χ1v) is 21.1. The van der Waals surface area contributed by atoms with Crippen LogP contribution in [-0.2, 0) is 5.41 Å². The molecule has 0 bridgehead atoms. The molecule has 0 spiro atoms. The fourth-order valence-electron chi connectivity index (χ4n) is 9.76. The average Bonchev–Trinajstić information content (AvgIpc) is 3.89. The van der Waals surface area contributed by atoms with Crippen LogP contribution in [0.5, 0.6) is 0 Å². The first-order valence-electron chi connectivity index (χ1n) is 21.1. The topological polar surface area (TPSA) is 38.9 Å². The lowest BCUT2D eigenvalue weighted by molar-refractivity contribution is 0.670. The maximum Gasteiger partial charge on any atom is 0.160 e. The van der Waals surface area contributed by atoms with Gasteiger partial charge < -0.3 is 4.42 Å². The lowest BCUT2D eigenvalue weighted by Crippen LogP contribution is -2.28. The van der Waals surface area contributed by atoms with Crippen molar-refractivity contribution in [1.29, 1.82) is 0 Å². The van der Waals surface area contributed by atoms with Gasteiger partial charge in [-0.25, -0.2) is 9.97 Å². The summed E-state index contributed by atoms with van der Waals surface area (Å²) in [7, 11) is 0. The molecule has 0 fully saturated rings. The van der Waals surface area contributed by atoms with Crippen LogP contribution in [0.3, 0.4) is 0 Å². The Morgan fingerprint density at radius 1 is 0.323 bits per heavy atom. The SMILES string of the molecule is c1ccc(-c2cc(-c3ccc4c(c3)C(c3ccccc3)(c3ccccc3)c3ccccc3-4)cc(-c3cc(-c4cccc5c4oc4ccccc45)nc(-c4ccccc4)n3)c2)cc1. The Balaban J connectivity index is 1.10. The summed E-state index contributed by atoms with van der Waals surface area (Å²) in [6.45, 7) is 0. The minimum Gasteiger partial charge on any atom is -0.455 e. The summed E-state index contributed by atoms with van der Waals surface area (Å²) in [4.78, 5) is 10.6. The summed E-state index contributed by atoms with van der Waals surface area (Å²) in [5.74, 6) is 0.656. The van der Waals surface area contributed by atoms with Gasteiger partial charge in [0.15, 0.2) is 5.82 Å². The van der Waals surface area contributed by atoms with Crippen LogP contribution in [0, 0.1) is 0 Å². The van der Waals surface area contributed by atoms with Crippen molar-refractivity contribution in [2.75, 3.05) is 0 Å². The Labute approximate surface area is 360 Å². The Morgan fingerprint density at radius 2 is 0.871 bits per heavy atom. The van der Waals surface area contributed by atoms with E-state index in [0.29, 0.717) is 5.82 Å². The normalized spacial score (nSPS) is 12.6. The lowest BCUT2D eigenvalue weighted by atomic mass is 9.67. The minimum atomic E-state index is -0.506. The highest BCUT2D eigenvalue weighted by Gasteiger charge is 2.46. The molecule has 0 radical (unpaired) electrons. The van der Waals surface area contributed by atoms with Gasteiger partial charge in [-0.2, -0.15) is 0 Å². The van der Waals surface area contributed by atoms with Crippen LogP contribution in [0.25, 0.3) is 89.2 Å². The molecule has 3 nitrogen and oxygen atoms in total. The second-order valence-electron chi connectivity index (χ2n) is 16.1. The first-order chi connectivity index (χ1) is 30.7. The summed E-state index contributed by atoms with van der Waals surface area (Å²) in [6.07, 6.45) is 0. The van der Waals surface area contributed by atoms with E-state index >= 15 is 0 Å². The predicted molar refractivity (Wildman–Crippen MR) is 254 cm³/mol. The molecule has 0 unspecified atom stereocenters. The van der Waals surface area contributed by atoms with Gasteiger partial charge in [-0.3, -0.25) is 0 Å². The zero-order valence-electron chi connectivity index (χ0n) is 33.7. The molecule has 0 atom stereocenters. The minimum absolute atomic E-state index is 0.506. The largest absolute Gasteiger partial charge is 0.455 e. The molecule has 0 aliphatic heterocycles. The second-order valence-corrected chi connectivity index (χ2v) is 16.1. The number of para-hydroxylation sites is 2. The number of fused-ring (bicyclic) bond motifs is 6. The van der Waals surface area contributed by atoms with E-state index < -0.39 is 5.41 Å². The Hall–Kier alpha value is -8.14. The van der Waals surface area contributed by atoms with Crippen LogP contribution in [0.4, 0.5) is 0 Å². The summed E-state index contributed by atoms with van der Waals surface area (Å²) in [6, 6.07) is 82.4. The molecule has 0 N–H and O–H groups in total. The molecule has 2 aromatic heterocycles. The Morgan fingerprint density at radius 3 is 1.61 bits per heavy atom. The lowest BCUT2D eigenvalue weighted by Gasteiger charge is -2.34. The number of hydrogen-bond donors (Lipinski definition) is 0. The zero-order valence-corrected chi connectivity index (χ0v) is 33.7. The molecular weight excluding hydrogens is 753 g/mol. The number of hydrogen-bond acceptors (Lipinski definition) is 3. The summed E-state index contributed by atoms with van der Waals surface area (Å²) >= 11 is 0. The maximum absolute atomic E-state index is 6.56. The Kier molecular flexibility index (Phi) is 8.39. The predicted octanol–water partition coefficient (Wildman–Crippen LogP) is 15.1. The van der Waals surface area contributed by atoms with E-state index in [1.54, 1.807) is 0 Å². The first kappa shape index (κ1) is 35.8. The molecule has 0 saturated carbocycles. The van der Waals surface area contributed by atoms with Crippen molar-refractivity contribution >= 4 is 21.9 Å². The van der Waals surface area contributed by atoms with Crippen LogP contribution < -0.4 is 0 Å². The van der Waals surface area contributed by atoms with Crippen LogP contribution in [0.15, 0.2) is 235 Å².